The Hall–Kier alpha value is -4.83. The van der Waals surface area contributed by atoms with Crippen molar-refractivity contribution in [3.8, 4) is 22.5 Å². The number of nitrogens with zero attached hydrogens (tertiary/aromatic N) is 2. The standard InChI is InChI=1S/C36H32F3N3O4/c1-3-6-22-16-30-28(31(33(44)40-2)32(46-30)21-9-11-25(37)12-10-21)17-27(22)23-7-4-8-24(15-23)29(43)20-36(34-41-13-5-14-42-34)18-26(19-36)45-35(38)39/h4-5,7-17,26,35H,3,6,18-20H2,1-2H3,(H,40,44). The highest BCUT2D eigenvalue weighted by molar-refractivity contribution is 6.12. The highest BCUT2D eigenvalue weighted by Crippen LogP contribution is 2.48. The lowest BCUT2D eigenvalue weighted by Crippen LogP contribution is -2.49. The van der Waals surface area contributed by atoms with Crippen LogP contribution in [-0.4, -0.2) is 41.4 Å². The molecule has 1 amide bonds. The number of nitrogens with one attached hydrogen (secondary N) is 1. The monoisotopic (exact) mass is 627 g/mol. The lowest BCUT2D eigenvalue weighted by atomic mass is 9.63. The summed E-state index contributed by atoms with van der Waals surface area (Å²) >= 11 is 0. The second-order valence-electron chi connectivity index (χ2n) is 11.6. The molecular weight excluding hydrogens is 595 g/mol. The Labute approximate surface area is 263 Å². The molecule has 1 N–H and O–H groups in total. The molecule has 10 heteroatoms. The van der Waals surface area contributed by atoms with Gasteiger partial charge >= 0.3 is 6.61 Å². The van der Waals surface area contributed by atoms with Gasteiger partial charge in [0.2, 0.25) is 0 Å². The Bertz CT molecular complexity index is 1880. The van der Waals surface area contributed by atoms with E-state index in [0.29, 0.717) is 45.7 Å². The summed E-state index contributed by atoms with van der Waals surface area (Å²) in [5.41, 5.74) is 3.66. The van der Waals surface area contributed by atoms with Gasteiger partial charge in [0.1, 0.15) is 23.0 Å². The largest absolute Gasteiger partial charge is 0.455 e. The molecule has 0 unspecified atom stereocenters. The molecule has 236 valence electrons. The number of Topliss-reactive ketones (excluding diaryl/α,β-unsaturated/α-hetero) is 1. The number of rotatable bonds is 11. The first-order chi connectivity index (χ1) is 22.2. The number of aryl methyl sites for hydroxylation is 1. The van der Waals surface area contributed by atoms with E-state index >= 15 is 0 Å². The summed E-state index contributed by atoms with van der Waals surface area (Å²) in [6.45, 7) is -0.835. The molecule has 0 aliphatic heterocycles. The predicted octanol–water partition coefficient (Wildman–Crippen LogP) is 7.92. The number of fused-ring (bicyclic) bond motifs is 1. The van der Waals surface area contributed by atoms with Crippen molar-refractivity contribution in [3.05, 3.63) is 107 Å². The number of hydrogen-bond donors (Lipinski definition) is 1. The number of amides is 1. The summed E-state index contributed by atoms with van der Waals surface area (Å²) in [5.74, 6) is -0.150. The fourth-order valence-electron chi connectivity index (χ4n) is 6.39. The number of halogens is 3. The molecule has 0 atom stereocenters. The third kappa shape index (κ3) is 6.04. The minimum absolute atomic E-state index is 0.0357. The quantitative estimate of drug-likeness (QED) is 0.150. The molecule has 1 aliphatic carbocycles. The smallest absolute Gasteiger partial charge is 0.345 e. The van der Waals surface area contributed by atoms with E-state index in [1.807, 2.05) is 24.3 Å². The molecule has 0 bridgehead atoms. The van der Waals surface area contributed by atoms with Gasteiger partial charge in [-0.15, -0.1) is 0 Å². The van der Waals surface area contributed by atoms with Crippen molar-refractivity contribution < 1.29 is 31.9 Å². The van der Waals surface area contributed by atoms with Crippen LogP contribution in [0.15, 0.2) is 83.5 Å². The number of benzene rings is 3. The molecule has 0 spiro atoms. The van der Waals surface area contributed by atoms with Gasteiger partial charge in [-0.3, -0.25) is 9.59 Å². The molecule has 2 aromatic heterocycles. The molecule has 7 nitrogen and oxygen atoms in total. The van der Waals surface area contributed by atoms with Crippen LogP contribution < -0.4 is 5.32 Å². The van der Waals surface area contributed by atoms with E-state index in [0.717, 1.165) is 23.1 Å². The summed E-state index contributed by atoms with van der Waals surface area (Å²) in [4.78, 5) is 35.7. The number of aromatic nitrogens is 2. The summed E-state index contributed by atoms with van der Waals surface area (Å²) in [6.07, 6.45) is 4.48. The van der Waals surface area contributed by atoms with E-state index in [1.54, 1.807) is 42.7 Å². The van der Waals surface area contributed by atoms with Gasteiger partial charge in [0.25, 0.3) is 5.91 Å². The maximum atomic E-state index is 13.8. The zero-order chi connectivity index (χ0) is 32.4. The molecule has 0 radical (unpaired) electrons. The van der Waals surface area contributed by atoms with Crippen LogP contribution in [0.5, 0.6) is 0 Å². The van der Waals surface area contributed by atoms with Crippen LogP contribution >= 0.6 is 0 Å². The van der Waals surface area contributed by atoms with Crippen molar-refractivity contribution in [2.24, 2.45) is 0 Å². The molecule has 2 heterocycles. The average Bonchev–Trinajstić information content (AvgIpc) is 3.42. The van der Waals surface area contributed by atoms with Crippen molar-refractivity contribution in [2.45, 2.75) is 57.2 Å². The van der Waals surface area contributed by atoms with Crippen LogP contribution in [0.1, 0.15) is 64.7 Å². The summed E-state index contributed by atoms with van der Waals surface area (Å²) in [6, 6.07) is 18.5. The van der Waals surface area contributed by atoms with Crippen molar-refractivity contribution in [1.82, 2.24) is 15.3 Å². The lowest BCUT2D eigenvalue weighted by Gasteiger charge is -2.45. The minimum atomic E-state index is -2.90. The summed E-state index contributed by atoms with van der Waals surface area (Å²) in [7, 11) is 1.54. The molecule has 46 heavy (non-hydrogen) atoms. The minimum Gasteiger partial charge on any atom is -0.455 e. The molecule has 5 aromatic rings. The average molecular weight is 628 g/mol. The molecule has 6 rings (SSSR count). The summed E-state index contributed by atoms with van der Waals surface area (Å²) in [5, 5.41) is 3.27. The maximum Gasteiger partial charge on any atom is 0.345 e. The zero-order valence-corrected chi connectivity index (χ0v) is 25.4. The second-order valence-corrected chi connectivity index (χ2v) is 11.6. The van der Waals surface area contributed by atoms with Crippen LogP contribution in [0.4, 0.5) is 13.2 Å². The van der Waals surface area contributed by atoms with E-state index in [4.69, 9.17) is 9.15 Å². The van der Waals surface area contributed by atoms with Crippen molar-refractivity contribution in [3.63, 3.8) is 0 Å². The van der Waals surface area contributed by atoms with Gasteiger partial charge in [-0.2, -0.15) is 8.78 Å². The molecule has 1 saturated carbocycles. The van der Waals surface area contributed by atoms with Gasteiger partial charge in [-0.1, -0.05) is 31.5 Å². The van der Waals surface area contributed by atoms with Crippen molar-refractivity contribution in [1.29, 1.82) is 0 Å². The Kier molecular flexibility index (Phi) is 8.73. The van der Waals surface area contributed by atoms with E-state index in [2.05, 4.69) is 22.2 Å². The molecule has 0 saturated heterocycles. The third-order valence-electron chi connectivity index (χ3n) is 8.56. The first kappa shape index (κ1) is 31.2. The lowest BCUT2D eigenvalue weighted by molar-refractivity contribution is -0.196. The SMILES string of the molecule is CCCc1cc2oc(-c3ccc(F)cc3)c(C(=O)NC)c2cc1-c1cccc(C(=O)CC2(c3ncccn3)CC(OC(F)F)C2)c1. The normalized spacial score (nSPS) is 17.7. The highest BCUT2D eigenvalue weighted by Gasteiger charge is 2.50. The molecule has 1 aliphatic rings. The van der Waals surface area contributed by atoms with Crippen molar-refractivity contribution in [2.75, 3.05) is 7.05 Å². The first-order valence-corrected chi connectivity index (χ1v) is 15.1. The Morgan fingerprint density at radius 2 is 1.76 bits per heavy atom. The number of ketones is 1. The number of alkyl halides is 2. The predicted molar refractivity (Wildman–Crippen MR) is 167 cm³/mol. The van der Waals surface area contributed by atoms with Gasteiger partial charge in [0, 0.05) is 47.8 Å². The second kappa shape index (κ2) is 12.9. The number of ether oxygens (including phenoxy) is 1. The Morgan fingerprint density at radius 3 is 2.43 bits per heavy atom. The van der Waals surface area contributed by atoms with Gasteiger partial charge in [-0.05, 0) is 84.5 Å². The van der Waals surface area contributed by atoms with Crippen LogP contribution in [0.25, 0.3) is 33.4 Å². The Morgan fingerprint density at radius 1 is 1.02 bits per heavy atom. The fraction of sp³-hybridized carbons (Fsp3) is 0.278. The van der Waals surface area contributed by atoms with Crippen LogP contribution in [0, 0.1) is 5.82 Å². The number of carbonyl (C=O) groups is 2. The molecule has 1 fully saturated rings. The molecular formula is C36H32F3N3O4. The highest BCUT2D eigenvalue weighted by atomic mass is 19.3. The van der Waals surface area contributed by atoms with Crippen LogP contribution in [0.2, 0.25) is 0 Å². The fourth-order valence-corrected chi connectivity index (χ4v) is 6.39. The van der Waals surface area contributed by atoms with Crippen LogP contribution in [-0.2, 0) is 16.6 Å². The summed E-state index contributed by atoms with van der Waals surface area (Å²) < 4.78 is 50.5. The number of hydrogen-bond acceptors (Lipinski definition) is 6. The van der Waals surface area contributed by atoms with E-state index in [9.17, 15) is 22.8 Å². The van der Waals surface area contributed by atoms with Gasteiger partial charge < -0.3 is 14.5 Å². The maximum absolute atomic E-state index is 13.8. The first-order valence-electron chi connectivity index (χ1n) is 15.1. The topological polar surface area (TPSA) is 94.3 Å². The van der Waals surface area contributed by atoms with Gasteiger partial charge in [0.05, 0.1) is 11.7 Å². The van der Waals surface area contributed by atoms with Gasteiger partial charge in [0.15, 0.2) is 5.78 Å². The van der Waals surface area contributed by atoms with E-state index in [1.165, 1.54) is 19.2 Å². The molecule has 3 aromatic carbocycles. The van der Waals surface area contributed by atoms with E-state index in [-0.39, 0.29) is 31.0 Å². The number of carbonyl (C=O) groups excluding carboxylic acids is 2. The van der Waals surface area contributed by atoms with Crippen molar-refractivity contribution >= 4 is 22.7 Å². The van der Waals surface area contributed by atoms with E-state index < -0.39 is 23.9 Å². The van der Waals surface area contributed by atoms with Gasteiger partial charge in [-0.25, -0.2) is 14.4 Å². The number of furan rings is 1. The third-order valence-corrected chi connectivity index (χ3v) is 8.56. The zero-order valence-electron chi connectivity index (χ0n) is 25.4. The van der Waals surface area contributed by atoms with Crippen LogP contribution in [0.3, 0.4) is 0 Å². The Balaban J connectivity index is 1.39.